The molecule has 4 aromatic rings. The normalized spacial score (nSPS) is 17.0. The van der Waals surface area contributed by atoms with Crippen LogP contribution >= 0.6 is 22.9 Å². The highest BCUT2D eigenvalue weighted by molar-refractivity contribution is 7.21. The highest BCUT2D eigenvalue weighted by Gasteiger charge is 2.33. The summed E-state index contributed by atoms with van der Waals surface area (Å²) in [6.45, 7) is 0.208. The van der Waals surface area contributed by atoms with E-state index in [2.05, 4.69) is 5.32 Å². The fourth-order valence-electron chi connectivity index (χ4n) is 5.50. The molecule has 1 aromatic heterocycles. The average molecular weight is 598 g/mol. The molecule has 1 aliphatic carbocycles. The van der Waals surface area contributed by atoms with Crippen molar-refractivity contribution in [2.45, 2.75) is 44.3 Å². The lowest BCUT2D eigenvalue weighted by atomic mass is 9.89. The summed E-state index contributed by atoms with van der Waals surface area (Å²) < 4.78 is 34.9. The number of rotatable bonds is 8. The summed E-state index contributed by atoms with van der Waals surface area (Å²) in [5, 5.41) is 3.17. The number of hydrogen-bond acceptors (Lipinski definition) is 5. The van der Waals surface area contributed by atoms with E-state index in [1.807, 2.05) is 37.4 Å². The van der Waals surface area contributed by atoms with Gasteiger partial charge in [-0.1, -0.05) is 29.8 Å². The van der Waals surface area contributed by atoms with Gasteiger partial charge in [0.05, 0.1) is 22.2 Å². The van der Waals surface area contributed by atoms with Crippen LogP contribution in [0.3, 0.4) is 0 Å². The summed E-state index contributed by atoms with van der Waals surface area (Å²) in [6.07, 6.45) is 3.30. The number of primary amides is 1. The third kappa shape index (κ3) is 5.80. The van der Waals surface area contributed by atoms with E-state index in [9.17, 15) is 18.4 Å². The predicted molar refractivity (Wildman–Crippen MR) is 159 cm³/mol. The second kappa shape index (κ2) is 12.1. The van der Waals surface area contributed by atoms with Crippen molar-refractivity contribution in [1.82, 2.24) is 10.2 Å². The molecule has 10 heteroatoms. The minimum absolute atomic E-state index is 0.0242. The van der Waals surface area contributed by atoms with Gasteiger partial charge in [0.1, 0.15) is 22.3 Å². The monoisotopic (exact) mass is 597 g/mol. The molecule has 0 aliphatic heterocycles. The Balaban J connectivity index is 1.54. The van der Waals surface area contributed by atoms with Crippen LogP contribution in [0, 0.1) is 11.6 Å². The molecule has 2 amide bonds. The van der Waals surface area contributed by atoms with Crippen molar-refractivity contribution in [1.29, 1.82) is 0 Å². The number of hydrogen-bond donors (Lipinski definition) is 2. The molecule has 3 N–H and O–H groups in total. The number of nitrogens with zero attached hydrogens (tertiary/aromatic N) is 1. The highest BCUT2D eigenvalue weighted by Crippen LogP contribution is 2.40. The molecule has 5 rings (SSSR count). The van der Waals surface area contributed by atoms with Crippen molar-refractivity contribution >= 4 is 44.8 Å². The number of ether oxygens (including phenoxy) is 1. The van der Waals surface area contributed by atoms with Crippen LogP contribution in [0.5, 0.6) is 5.75 Å². The first-order valence-corrected chi connectivity index (χ1v) is 14.5. The maximum absolute atomic E-state index is 14.6. The Bertz CT molecular complexity index is 1600. The van der Waals surface area contributed by atoms with Gasteiger partial charge in [-0.3, -0.25) is 9.59 Å². The summed E-state index contributed by atoms with van der Waals surface area (Å²) in [6, 6.07) is 15.0. The molecule has 3 aromatic carbocycles. The van der Waals surface area contributed by atoms with Gasteiger partial charge in [-0.15, -0.1) is 11.3 Å². The standard InChI is InChI=1S/C31H30ClF2N3O3S/c1-36-21-8-10-22(11-9-21)37(31(39)29-27(32)26-23(33)12-13-24(34)28(26)41-29)16-20-15-19(7-14-25(20)40-2)17-3-5-18(6-4-17)30(35)38/h3-7,12-15,21-22,36H,8-11,16H2,1-2H3,(H2,35,38)/t21-,22-. The molecular formula is C31H30ClF2N3O3S. The van der Waals surface area contributed by atoms with E-state index in [0.717, 1.165) is 65.8 Å². The van der Waals surface area contributed by atoms with E-state index in [-0.39, 0.29) is 38.5 Å². The number of amides is 2. The van der Waals surface area contributed by atoms with E-state index in [0.29, 0.717) is 17.4 Å². The van der Waals surface area contributed by atoms with Gasteiger partial charge < -0.3 is 20.7 Å². The van der Waals surface area contributed by atoms with Crippen LogP contribution in [0.2, 0.25) is 5.02 Å². The first kappa shape index (κ1) is 29.0. The van der Waals surface area contributed by atoms with Crippen LogP contribution in [0.1, 0.15) is 51.3 Å². The average Bonchev–Trinajstić information content (AvgIpc) is 3.35. The van der Waals surface area contributed by atoms with Gasteiger partial charge in [0.25, 0.3) is 5.91 Å². The largest absolute Gasteiger partial charge is 0.496 e. The Hall–Kier alpha value is -3.53. The van der Waals surface area contributed by atoms with Crippen LogP contribution in [0.4, 0.5) is 8.78 Å². The Labute approximate surface area is 246 Å². The van der Waals surface area contributed by atoms with Crippen molar-refractivity contribution in [3.8, 4) is 16.9 Å². The van der Waals surface area contributed by atoms with Gasteiger partial charge in [-0.25, -0.2) is 8.78 Å². The number of methoxy groups -OCH3 is 1. The summed E-state index contributed by atoms with van der Waals surface area (Å²) in [7, 11) is 3.50. The topological polar surface area (TPSA) is 84.7 Å². The lowest BCUT2D eigenvalue weighted by Crippen LogP contribution is -2.44. The Morgan fingerprint density at radius 2 is 1.68 bits per heavy atom. The molecule has 0 radical (unpaired) electrons. The molecule has 0 spiro atoms. The summed E-state index contributed by atoms with van der Waals surface area (Å²) in [5.41, 5.74) is 8.30. The number of carbonyl (C=O) groups excluding carboxylic acids is 2. The zero-order chi connectivity index (χ0) is 29.3. The maximum atomic E-state index is 14.6. The van der Waals surface area contributed by atoms with E-state index >= 15 is 0 Å². The fourth-order valence-corrected chi connectivity index (χ4v) is 7.01. The van der Waals surface area contributed by atoms with E-state index in [4.69, 9.17) is 22.1 Å². The van der Waals surface area contributed by atoms with Gasteiger partial charge in [0.2, 0.25) is 5.91 Å². The summed E-state index contributed by atoms with van der Waals surface area (Å²) in [4.78, 5) is 27.6. The van der Waals surface area contributed by atoms with Crippen molar-refractivity contribution in [2.75, 3.05) is 14.2 Å². The second-order valence-corrected chi connectivity index (χ2v) is 11.6. The minimum atomic E-state index is -0.667. The molecule has 1 fully saturated rings. The molecule has 1 saturated carbocycles. The molecule has 0 atom stereocenters. The molecule has 6 nitrogen and oxygen atoms in total. The van der Waals surface area contributed by atoms with E-state index < -0.39 is 17.5 Å². The lowest BCUT2D eigenvalue weighted by Gasteiger charge is -2.37. The van der Waals surface area contributed by atoms with Gasteiger partial charge >= 0.3 is 0 Å². The zero-order valence-corrected chi connectivity index (χ0v) is 24.3. The smallest absolute Gasteiger partial charge is 0.266 e. The van der Waals surface area contributed by atoms with Crippen molar-refractivity contribution in [3.05, 3.63) is 87.3 Å². The molecule has 0 unspecified atom stereocenters. The van der Waals surface area contributed by atoms with Crippen molar-refractivity contribution in [2.24, 2.45) is 5.73 Å². The third-order valence-corrected chi connectivity index (χ3v) is 9.48. The zero-order valence-electron chi connectivity index (χ0n) is 22.7. The molecular weight excluding hydrogens is 568 g/mol. The SMILES string of the molecule is CN[C@H]1CC[C@H](N(Cc2cc(-c3ccc(C(N)=O)cc3)ccc2OC)C(=O)c2sc3c(F)ccc(F)c3c2Cl)CC1. The molecule has 0 bridgehead atoms. The minimum Gasteiger partial charge on any atom is -0.496 e. The lowest BCUT2D eigenvalue weighted by molar-refractivity contribution is 0.0604. The van der Waals surface area contributed by atoms with Gasteiger partial charge in [-0.2, -0.15) is 0 Å². The molecule has 1 aliphatic rings. The summed E-state index contributed by atoms with van der Waals surface area (Å²) >= 11 is 7.42. The van der Waals surface area contributed by atoms with Crippen LogP contribution in [-0.2, 0) is 6.54 Å². The van der Waals surface area contributed by atoms with Crippen LogP contribution in [0.15, 0.2) is 54.6 Å². The number of nitrogens with one attached hydrogen (secondary N) is 1. The van der Waals surface area contributed by atoms with Crippen molar-refractivity contribution in [3.63, 3.8) is 0 Å². The Morgan fingerprint density at radius 3 is 2.29 bits per heavy atom. The predicted octanol–water partition coefficient (Wildman–Crippen LogP) is 6.78. The number of benzene rings is 3. The van der Waals surface area contributed by atoms with Gasteiger partial charge in [-0.05, 0) is 80.3 Å². The molecule has 41 heavy (non-hydrogen) atoms. The van der Waals surface area contributed by atoms with Gasteiger partial charge in [0, 0.05) is 29.8 Å². The number of carbonyl (C=O) groups is 2. The number of nitrogens with two attached hydrogens (primary N) is 1. The Kier molecular flexibility index (Phi) is 8.58. The number of halogens is 3. The first-order valence-electron chi connectivity index (χ1n) is 13.3. The second-order valence-electron chi connectivity index (χ2n) is 10.2. The first-order chi connectivity index (χ1) is 19.7. The fraction of sp³-hybridized carbons (Fsp3) is 0.290. The quantitative estimate of drug-likeness (QED) is 0.234. The third-order valence-electron chi connectivity index (χ3n) is 7.81. The maximum Gasteiger partial charge on any atom is 0.266 e. The van der Waals surface area contributed by atoms with Gasteiger partial charge in [0.15, 0.2) is 0 Å². The van der Waals surface area contributed by atoms with E-state index in [1.54, 1.807) is 24.1 Å². The summed E-state index contributed by atoms with van der Waals surface area (Å²) in [5.74, 6) is -1.57. The Morgan fingerprint density at radius 1 is 1.02 bits per heavy atom. The van der Waals surface area contributed by atoms with Crippen LogP contribution in [0.25, 0.3) is 21.2 Å². The molecule has 0 saturated heterocycles. The van der Waals surface area contributed by atoms with Crippen molar-refractivity contribution < 1.29 is 23.1 Å². The number of fused-ring (bicyclic) bond motifs is 1. The van der Waals surface area contributed by atoms with Crippen LogP contribution < -0.4 is 15.8 Å². The van der Waals surface area contributed by atoms with E-state index in [1.165, 1.54) is 0 Å². The van der Waals surface area contributed by atoms with Crippen LogP contribution in [-0.4, -0.2) is 43.0 Å². The molecule has 214 valence electrons. The highest BCUT2D eigenvalue weighted by atomic mass is 35.5. The number of thiophene rings is 1. The molecule has 1 heterocycles.